The molecule has 3 heterocycles. The fourth-order valence-corrected chi connectivity index (χ4v) is 3.95. The van der Waals surface area contributed by atoms with Gasteiger partial charge in [-0.3, -0.25) is 9.88 Å². The van der Waals surface area contributed by atoms with Gasteiger partial charge in [-0.15, -0.1) is 0 Å². The SMILES string of the molecule is c1ccc(-c2cnc(Cc3ccc(-c4ccc(OCCN5CCOCC5)cc4)cn3)[nH]2)cc1. The third-order valence-corrected chi connectivity index (χ3v) is 5.85. The van der Waals surface area contributed by atoms with E-state index in [0.717, 1.165) is 72.5 Å². The summed E-state index contributed by atoms with van der Waals surface area (Å²) in [4.78, 5) is 14.9. The van der Waals surface area contributed by atoms with Gasteiger partial charge in [0.05, 0.1) is 25.1 Å². The van der Waals surface area contributed by atoms with Crippen LogP contribution in [-0.4, -0.2) is 59.3 Å². The summed E-state index contributed by atoms with van der Waals surface area (Å²) in [5, 5.41) is 0. The summed E-state index contributed by atoms with van der Waals surface area (Å²) in [7, 11) is 0. The number of morpholine rings is 1. The molecule has 6 heteroatoms. The van der Waals surface area contributed by atoms with Crippen LogP contribution in [0.4, 0.5) is 0 Å². The van der Waals surface area contributed by atoms with E-state index in [4.69, 9.17) is 9.47 Å². The molecule has 1 aliphatic rings. The molecule has 168 valence electrons. The van der Waals surface area contributed by atoms with Gasteiger partial charge in [0.25, 0.3) is 0 Å². The van der Waals surface area contributed by atoms with Gasteiger partial charge in [-0.1, -0.05) is 48.5 Å². The molecule has 6 nitrogen and oxygen atoms in total. The predicted molar refractivity (Wildman–Crippen MR) is 129 cm³/mol. The summed E-state index contributed by atoms with van der Waals surface area (Å²) in [6, 6.07) is 22.6. The van der Waals surface area contributed by atoms with E-state index in [1.165, 1.54) is 0 Å². The Labute approximate surface area is 194 Å². The lowest BCUT2D eigenvalue weighted by Gasteiger charge is -2.26. The highest BCUT2D eigenvalue weighted by atomic mass is 16.5. The Morgan fingerprint density at radius 2 is 1.61 bits per heavy atom. The first-order valence-corrected chi connectivity index (χ1v) is 11.4. The highest BCUT2D eigenvalue weighted by molar-refractivity contribution is 5.63. The Morgan fingerprint density at radius 3 is 2.36 bits per heavy atom. The van der Waals surface area contributed by atoms with Gasteiger partial charge in [0.1, 0.15) is 18.2 Å². The van der Waals surface area contributed by atoms with Crippen LogP contribution in [0.15, 0.2) is 79.1 Å². The minimum Gasteiger partial charge on any atom is -0.492 e. The van der Waals surface area contributed by atoms with Crippen LogP contribution in [0, 0.1) is 0 Å². The number of imidazole rings is 1. The molecule has 5 rings (SSSR count). The molecule has 1 aliphatic heterocycles. The maximum absolute atomic E-state index is 5.91. The smallest absolute Gasteiger partial charge is 0.119 e. The minimum atomic E-state index is 0.670. The Hall–Kier alpha value is -3.48. The van der Waals surface area contributed by atoms with E-state index in [2.05, 4.69) is 56.3 Å². The number of benzene rings is 2. The first-order valence-electron chi connectivity index (χ1n) is 11.4. The van der Waals surface area contributed by atoms with E-state index >= 15 is 0 Å². The second kappa shape index (κ2) is 10.4. The number of rotatable bonds is 8. The van der Waals surface area contributed by atoms with Crippen molar-refractivity contribution in [3.05, 3.63) is 90.6 Å². The van der Waals surface area contributed by atoms with Crippen molar-refractivity contribution < 1.29 is 9.47 Å². The number of nitrogens with zero attached hydrogens (tertiary/aromatic N) is 3. The van der Waals surface area contributed by atoms with Crippen LogP contribution < -0.4 is 4.74 Å². The van der Waals surface area contributed by atoms with E-state index in [0.29, 0.717) is 13.0 Å². The second-order valence-electron chi connectivity index (χ2n) is 8.15. The number of aromatic nitrogens is 3. The lowest BCUT2D eigenvalue weighted by Crippen LogP contribution is -2.38. The van der Waals surface area contributed by atoms with Gasteiger partial charge in [-0.25, -0.2) is 4.98 Å². The summed E-state index contributed by atoms with van der Waals surface area (Å²) < 4.78 is 11.3. The van der Waals surface area contributed by atoms with Crippen LogP contribution in [0.25, 0.3) is 22.4 Å². The van der Waals surface area contributed by atoms with Crippen LogP contribution in [0.3, 0.4) is 0 Å². The Balaban J connectivity index is 1.15. The van der Waals surface area contributed by atoms with Crippen molar-refractivity contribution >= 4 is 0 Å². The van der Waals surface area contributed by atoms with Crippen molar-refractivity contribution in [3.63, 3.8) is 0 Å². The molecular weight excluding hydrogens is 412 g/mol. The molecule has 1 fully saturated rings. The van der Waals surface area contributed by atoms with Crippen molar-refractivity contribution in [1.29, 1.82) is 0 Å². The lowest BCUT2D eigenvalue weighted by atomic mass is 10.1. The van der Waals surface area contributed by atoms with Gasteiger partial charge in [0, 0.05) is 43.5 Å². The van der Waals surface area contributed by atoms with Gasteiger partial charge in [-0.2, -0.15) is 0 Å². The third kappa shape index (κ3) is 5.66. The molecule has 1 N–H and O–H groups in total. The lowest BCUT2D eigenvalue weighted by molar-refractivity contribution is 0.0322. The van der Waals surface area contributed by atoms with Crippen molar-refractivity contribution in [3.8, 4) is 28.1 Å². The van der Waals surface area contributed by atoms with Crippen molar-refractivity contribution in [2.75, 3.05) is 39.5 Å². The topological polar surface area (TPSA) is 63.3 Å². The fraction of sp³-hybridized carbons (Fsp3) is 0.259. The molecule has 0 saturated carbocycles. The molecule has 0 atom stereocenters. The summed E-state index contributed by atoms with van der Waals surface area (Å²) >= 11 is 0. The predicted octanol–water partition coefficient (Wildman–Crippen LogP) is 4.44. The van der Waals surface area contributed by atoms with E-state index in [9.17, 15) is 0 Å². The summed E-state index contributed by atoms with van der Waals surface area (Å²) in [6.07, 6.45) is 4.47. The average molecular weight is 441 g/mol. The summed E-state index contributed by atoms with van der Waals surface area (Å²) in [5.41, 5.74) is 5.35. The van der Waals surface area contributed by atoms with E-state index < -0.39 is 0 Å². The largest absolute Gasteiger partial charge is 0.492 e. The van der Waals surface area contributed by atoms with Gasteiger partial charge >= 0.3 is 0 Å². The standard InChI is InChI=1S/C27H28N4O2/c1-2-4-22(5-3-1)26-20-29-27(30-26)18-24-9-6-23(19-28-24)21-7-10-25(11-8-21)33-17-14-31-12-15-32-16-13-31/h1-11,19-20H,12-18H2,(H,29,30). The van der Waals surface area contributed by atoms with Gasteiger partial charge < -0.3 is 14.5 Å². The highest BCUT2D eigenvalue weighted by Crippen LogP contribution is 2.23. The molecule has 1 saturated heterocycles. The number of ether oxygens (including phenoxy) is 2. The van der Waals surface area contributed by atoms with Gasteiger partial charge in [-0.05, 0) is 29.3 Å². The van der Waals surface area contributed by atoms with E-state index in [1.807, 2.05) is 42.7 Å². The zero-order valence-corrected chi connectivity index (χ0v) is 18.6. The monoisotopic (exact) mass is 440 g/mol. The van der Waals surface area contributed by atoms with Gasteiger partial charge in [0.15, 0.2) is 0 Å². The minimum absolute atomic E-state index is 0.670. The molecule has 0 amide bonds. The molecule has 0 aliphatic carbocycles. The average Bonchev–Trinajstić information content (AvgIpc) is 3.35. The van der Waals surface area contributed by atoms with E-state index in [1.54, 1.807) is 0 Å². The maximum Gasteiger partial charge on any atom is 0.119 e. The van der Waals surface area contributed by atoms with Gasteiger partial charge in [0.2, 0.25) is 0 Å². The second-order valence-corrected chi connectivity index (χ2v) is 8.15. The summed E-state index contributed by atoms with van der Waals surface area (Å²) in [5.74, 6) is 1.80. The van der Waals surface area contributed by atoms with E-state index in [-0.39, 0.29) is 0 Å². The quantitative estimate of drug-likeness (QED) is 0.439. The molecule has 33 heavy (non-hydrogen) atoms. The molecule has 4 aromatic rings. The molecule has 2 aromatic heterocycles. The number of hydrogen-bond donors (Lipinski definition) is 1. The first kappa shape index (κ1) is 21.4. The van der Waals surface area contributed by atoms with Crippen molar-refractivity contribution in [2.45, 2.75) is 6.42 Å². The molecule has 0 radical (unpaired) electrons. The molecule has 2 aromatic carbocycles. The molecular formula is C27H28N4O2. The fourth-order valence-electron chi connectivity index (χ4n) is 3.95. The number of H-pyrrole nitrogens is 1. The first-order chi connectivity index (χ1) is 16.3. The molecule has 0 bridgehead atoms. The highest BCUT2D eigenvalue weighted by Gasteiger charge is 2.10. The van der Waals surface area contributed by atoms with Crippen LogP contribution >= 0.6 is 0 Å². The Morgan fingerprint density at radius 1 is 0.818 bits per heavy atom. The zero-order chi connectivity index (χ0) is 22.3. The Kier molecular flexibility index (Phi) is 6.75. The number of aromatic amines is 1. The summed E-state index contributed by atoms with van der Waals surface area (Å²) in [6.45, 7) is 5.22. The maximum atomic E-state index is 5.91. The number of hydrogen-bond acceptors (Lipinski definition) is 5. The zero-order valence-electron chi connectivity index (χ0n) is 18.6. The van der Waals surface area contributed by atoms with Crippen LogP contribution in [0.5, 0.6) is 5.75 Å². The van der Waals surface area contributed by atoms with Crippen molar-refractivity contribution in [2.24, 2.45) is 0 Å². The number of nitrogens with one attached hydrogen (secondary N) is 1. The van der Waals surface area contributed by atoms with Crippen LogP contribution in [0.2, 0.25) is 0 Å². The molecule has 0 unspecified atom stereocenters. The van der Waals surface area contributed by atoms with Crippen molar-refractivity contribution in [1.82, 2.24) is 19.9 Å². The van der Waals surface area contributed by atoms with Crippen LogP contribution in [0.1, 0.15) is 11.5 Å². The van der Waals surface area contributed by atoms with Crippen LogP contribution in [-0.2, 0) is 11.2 Å². The normalized spacial score (nSPS) is 14.3. The Bertz CT molecular complexity index is 1130. The third-order valence-electron chi connectivity index (χ3n) is 5.85. The molecule has 0 spiro atoms. The number of pyridine rings is 1.